The fourth-order valence-corrected chi connectivity index (χ4v) is 2.63. The first-order chi connectivity index (χ1) is 8.52. The Morgan fingerprint density at radius 3 is 2.61 bits per heavy atom. The van der Waals surface area contributed by atoms with Crippen molar-refractivity contribution < 1.29 is 4.39 Å². The summed E-state index contributed by atoms with van der Waals surface area (Å²) >= 11 is 6.11. The van der Waals surface area contributed by atoms with E-state index in [4.69, 9.17) is 11.6 Å². The quantitative estimate of drug-likeness (QED) is 0.773. The van der Waals surface area contributed by atoms with Crippen LogP contribution >= 0.6 is 11.6 Å². The van der Waals surface area contributed by atoms with Gasteiger partial charge in [0, 0.05) is 17.1 Å². The third kappa shape index (κ3) is 4.25. The van der Waals surface area contributed by atoms with E-state index in [1.54, 1.807) is 12.1 Å². The highest BCUT2D eigenvalue weighted by Gasteiger charge is 2.25. The molecule has 102 valence electrons. The van der Waals surface area contributed by atoms with Crippen molar-refractivity contribution in [1.82, 2.24) is 5.32 Å². The third-order valence-electron chi connectivity index (χ3n) is 3.32. The van der Waals surface area contributed by atoms with Gasteiger partial charge in [-0.15, -0.1) is 0 Å². The first kappa shape index (κ1) is 15.5. The maximum atomic E-state index is 13.8. The van der Waals surface area contributed by atoms with Crippen LogP contribution in [0, 0.1) is 11.2 Å². The molecule has 0 aromatic heterocycles. The average Bonchev–Trinajstić information content (AvgIpc) is 2.32. The molecule has 0 saturated heterocycles. The molecule has 0 bridgehead atoms. The Balaban J connectivity index is 2.88. The van der Waals surface area contributed by atoms with Crippen molar-refractivity contribution in [2.24, 2.45) is 5.41 Å². The van der Waals surface area contributed by atoms with Crippen LogP contribution in [0.5, 0.6) is 0 Å². The maximum Gasteiger partial charge on any atom is 0.127 e. The molecule has 1 unspecified atom stereocenters. The van der Waals surface area contributed by atoms with Crippen LogP contribution in [0.2, 0.25) is 5.02 Å². The highest BCUT2D eigenvalue weighted by atomic mass is 35.5. The van der Waals surface area contributed by atoms with Crippen molar-refractivity contribution in [2.45, 2.75) is 40.0 Å². The largest absolute Gasteiger partial charge is 0.316 e. The van der Waals surface area contributed by atoms with Crippen molar-refractivity contribution in [1.29, 1.82) is 0 Å². The molecular weight excluding hydrogens is 249 g/mol. The highest BCUT2D eigenvalue weighted by Crippen LogP contribution is 2.31. The van der Waals surface area contributed by atoms with E-state index in [9.17, 15) is 4.39 Å². The van der Waals surface area contributed by atoms with Crippen molar-refractivity contribution in [3.05, 3.63) is 34.6 Å². The summed E-state index contributed by atoms with van der Waals surface area (Å²) in [5.41, 5.74) is 0.698. The Morgan fingerprint density at radius 2 is 2.06 bits per heavy atom. The monoisotopic (exact) mass is 271 g/mol. The fourth-order valence-electron chi connectivity index (χ4n) is 2.40. The summed E-state index contributed by atoms with van der Waals surface area (Å²) in [6, 6.07) is 4.91. The fraction of sp³-hybridized carbons (Fsp3) is 0.600. The van der Waals surface area contributed by atoms with E-state index in [1.807, 2.05) is 0 Å². The van der Waals surface area contributed by atoms with Crippen molar-refractivity contribution in [2.75, 3.05) is 13.1 Å². The number of rotatable bonds is 7. The Morgan fingerprint density at radius 1 is 1.33 bits per heavy atom. The SMILES string of the molecule is CCCC(C)(CNCC)Cc1c(F)cccc1Cl. The molecule has 0 spiro atoms. The van der Waals surface area contributed by atoms with E-state index in [2.05, 4.69) is 26.1 Å². The molecule has 1 aromatic rings. The molecule has 0 aliphatic rings. The minimum absolute atomic E-state index is 0.0522. The molecule has 18 heavy (non-hydrogen) atoms. The van der Waals surface area contributed by atoms with E-state index in [0.29, 0.717) is 17.0 Å². The topological polar surface area (TPSA) is 12.0 Å². The maximum absolute atomic E-state index is 13.8. The van der Waals surface area contributed by atoms with E-state index >= 15 is 0 Å². The number of benzene rings is 1. The van der Waals surface area contributed by atoms with Crippen LogP contribution in [0.4, 0.5) is 4.39 Å². The predicted molar refractivity (Wildman–Crippen MR) is 76.7 cm³/mol. The highest BCUT2D eigenvalue weighted by molar-refractivity contribution is 6.31. The van der Waals surface area contributed by atoms with Gasteiger partial charge in [0.15, 0.2) is 0 Å². The number of hydrogen-bond donors (Lipinski definition) is 1. The third-order valence-corrected chi connectivity index (χ3v) is 3.67. The van der Waals surface area contributed by atoms with Gasteiger partial charge in [0.25, 0.3) is 0 Å². The van der Waals surface area contributed by atoms with Crippen LogP contribution < -0.4 is 5.32 Å². The van der Waals surface area contributed by atoms with Gasteiger partial charge in [-0.25, -0.2) is 4.39 Å². The summed E-state index contributed by atoms with van der Waals surface area (Å²) in [5, 5.41) is 3.90. The van der Waals surface area contributed by atoms with Gasteiger partial charge in [-0.2, -0.15) is 0 Å². The summed E-state index contributed by atoms with van der Waals surface area (Å²) in [6.45, 7) is 8.27. The Labute approximate surface area is 115 Å². The molecule has 0 saturated carbocycles. The first-order valence-corrected chi connectivity index (χ1v) is 7.04. The molecule has 0 amide bonds. The number of nitrogens with one attached hydrogen (secondary N) is 1. The van der Waals surface area contributed by atoms with E-state index < -0.39 is 0 Å². The van der Waals surface area contributed by atoms with Gasteiger partial charge < -0.3 is 5.32 Å². The summed E-state index contributed by atoms with van der Waals surface area (Å²) in [7, 11) is 0. The van der Waals surface area contributed by atoms with E-state index in [0.717, 1.165) is 25.9 Å². The second-order valence-electron chi connectivity index (χ2n) is 5.22. The molecule has 3 heteroatoms. The lowest BCUT2D eigenvalue weighted by Crippen LogP contribution is -2.34. The van der Waals surface area contributed by atoms with Gasteiger partial charge in [0.1, 0.15) is 5.82 Å². The molecule has 1 N–H and O–H groups in total. The Kier molecular flexibility index (Phi) is 6.10. The van der Waals surface area contributed by atoms with Gasteiger partial charge in [-0.05, 0) is 36.9 Å². The molecule has 1 nitrogen and oxygen atoms in total. The molecular formula is C15H23ClFN. The molecule has 0 radical (unpaired) electrons. The van der Waals surface area contributed by atoms with Crippen LogP contribution in [0.3, 0.4) is 0 Å². The molecule has 0 fully saturated rings. The summed E-state index contributed by atoms with van der Waals surface area (Å²) in [6.07, 6.45) is 2.83. The van der Waals surface area contributed by atoms with E-state index in [1.165, 1.54) is 6.07 Å². The standard InChI is InChI=1S/C15H23ClFN/c1-4-9-15(3,11-18-5-2)10-12-13(16)7-6-8-14(12)17/h6-8,18H,4-5,9-11H2,1-3H3. The minimum Gasteiger partial charge on any atom is -0.316 e. The number of hydrogen-bond acceptors (Lipinski definition) is 1. The predicted octanol–water partition coefficient (Wildman–Crippen LogP) is 4.44. The molecule has 0 heterocycles. The van der Waals surface area contributed by atoms with Crippen molar-refractivity contribution in [3.8, 4) is 0 Å². The summed E-state index contributed by atoms with van der Waals surface area (Å²) in [4.78, 5) is 0. The lowest BCUT2D eigenvalue weighted by Gasteiger charge is -2.30. The summed E-state index contributed by atoms with van der Waals surface area (Å²) in [5.74, 6) is -0.193. The van der Waals surface area contributed by atoms with Crippen LogP contribution in [0.1, 0.15) is 39.2 Å². The van der Waals surface area contributed by atoms with Gasteiger partial charge in [-0.3, -0.25) is 0 Å². The van der Waals surface area contributed by atoms with Crippen LogP contribution in [0.25, 0.3) is 0 Å². The summed E-state index contributed by atoms with van der Waals surface area (Å²) < 4.78 is 13.8. The first-order valence-electron chi connectivity index (χ1n) is 6.66. The second-order valence-corrected chi connectivity index (χ2v) is 5.63. The molecule has 1 aromatic carbocycles. The normalized spacial score (nSPS) is 14.5. The minimum atomic E-state index is -0.193. The zero-order chi connectivity index (χ0) is 13.6. The smallest absolute Gasteiger partial charge is 0.127 e. The molecule has 1 rings (SSSR count). The molecule has 1 atom stereocenters. The lowest BCUT2D eigenvalue weighted by atomic mass is 9.79. The van der Waals surface area contributed by atoms with Gasteiger partial charge in [-0.1, -0.05) is 44.9 Å². The van der Waals surface area contributed by atoms with Crippen LogP contribution in [0.15, 0.2) is 18.2 Å². The zero-order valence-electron chi connectivity index (χ0n) is 11.5. The second kappa shape index (κ2) is 7.10. The van der Waals surface area contributed by atoms with Crippen molar-refractivity contribution >= 4 is 11.6 Å². The van der Waals surface area contributed by atoms with Gasteiger partial charge in [0.2, 0.25) is 0 Å². The Bertz CT molecular complexity index is 361. The van der Waals surface area contributed by atoms with Crippen molar-refractivity contribution in [3.63, 3.8) is 0 Å². The lowest BCUT2D eigenvalue weighted by molar-refractivity contribution is 0.274. The van der Waals surface area contributed by atoms with Crippen LogP contribution in [-0.4, -0.2) is 13.1 Å². The van der Waals surface area contributed by atoms with Gasteiger partial charge in [0.05, 0.1) is 0 Å². The van der Waals surface area contributed by atoms with E-state index in [-0.39, 0.29) is 11.2 Å². The molecule has 0 aliphatic carbocycles. The number of halogens is 2. The average molecular weight is 272 g/mol. The molecule has 0 aliphatic heterocycles. The van der Waals surface area contributed by atoms with Gasteiger partial charge >= 0.3 is 0 Å². The van der Waals surface area contributed by atoms with Crippen LogP contribution in [-0.2, 0) is 6.42 Å². The zero-order valence-corrected chi connectivity index (χ0v) is 12.3. The Hall–Kier alpha value is -0.600.